The molecule has 7 heavy (non-hydrogen) atoms. The first-order valence-corrected chi connectivity index (χ1v) is 2.35. The Kier molecular flexibility index (Phi) is 10.2. The van der Waals surface area contributed by atoms with Crippen molar-refractivity contribution in [2.75, 3.05) is 0 Å². The Morgan fingerprint density at radius 2 is 1.86 bits per heavy atom. The topological polar surface area (TPSA) is 0 Å². The van der Waals surface area contributed by atoms with Gasteiger partial charge in [0.05, 0.1) is 0 Å². The molecule has 0 fully saturated rings. The molecule has 0 atom stereocenters. The van der Waals surface area contributed by atoms with Crippen LogP contribution in [0.5, 0.6) is 0 Å². The van der Waals surface area contributed by atoms with Gasteiger partial charge in [0.1, 0.15) is 0 Å². The molecular formula is C6H12W. The van der Waals surface area contributed by atoms with Crippen molar-refractivity contribution >= 4 is 0 Å². The van der Waals surface area contributed by atoms with Crippen molar-refractivity contribution in [2.45, 2.75) is 26.7 Å². The second-order valence-corrected chi connectivity index (χ2v) is 1.81. The molecule has 0 aliphatic carbocycles. The van der Waals surface area contributed by atoms with E-state index in [1.54, 1.807) is 0 Å². The van der Waals surface area contributed by atoms with Crippen molar-refractivity contribution in [1.82, 2.24) is 0 Å². The first-order chi connectivity index (χ1) is 2.77. The third-order valence-electron chi connectivity index (χ3n) is 0.677. The average Bonchev–Trinajstić information content (AvgIpc) is 1.35. The predicted octanol–water partition coefficient (Wildman–Crippen LogP) is 2.21. The maximum Gasteiger partial charge on any atom is 2.00 e. The molecular weight excluding hydrogens is 256 g/mol. The summed E-state index contributed by atoms with van der Waals surface area (Å²) in [5, 5.41) is 0. The van der Waals surface area contributed by atoms with E-state index in [0.29, 0.717) is 0 Å². The Morgan fingerprint density at radius 1 is 1.43 bits per heavy atom. The Labute approximate surface area is 61.0 Å². The number of hydrogen-bond donors (Lipinski definition) is 0. The molecule has 0 nitrogen and oxygen atoms in total. The Bertz CT molecular complexity index is 25.4. The fourth-order valence-corrected chi connectivity index (χ4v) is 0.354. The maximum absolute atomic E-state index is 3.70. The van der Waals surface area contributed by atoms with Crippen LogP contribution >= 0.6 is 0 Å². The molecule has 0 spiro atoms. The molecule has 0 unspecified atom stereocenters. The minimum absolute atomic E-state index is 0. The molecule has 0 aromatic heterocycles. The smallest absolute Gasteiger partial charge is 0.346 e. The zero-order chi connectivity index (χ0) is 4.99. The van der Waals surface area contributed by atoms with Gasteiger partial charge in [-0.15, -0.1) is 0 Å². The molecule has 0 aromatic rings. The number of hydrogen-bond acceptors (Lipinski definition) is 0. The van der Waals surface area contributed by atoms with Crippen molar-refractivity contribution in [1.29, 1.82) is 0 Å². The summed E-state index contributed by atoms with van der Waals surface area (Å²) in [6.07, 6.45) is 2.22. The van der Waals surface area contributed by atoms with Crippen LogP contribution in [0.25, 0.3) is 0 Å². The molecule has 42 valence electrons. The van der Waals surface area contributed by atoms with Gasteiger partial charge in [0, 0.05) is 0 Å². The van der Waals surface area contributed by atoms with Gasteiger partial charge in [-0.3, -0.25) is 0 Å². The van der Waals surface area contributed by atoms with Crippen LogP contribution in [0.1, 0.15) is 26.7 Å². The van der Waals surface area contributed by atoms with Gasteiger partial charge >= 0.3 is 21.1 Å². The molecule has 0 N–H and O–H groups in total. The zero-order valence-electron chi connectivity index (χ0n) is 5.03. The van der Waals surface area contributed by atoms with Crippen molar-refractivity contribution in [3.63, 3.8) is 0 Å². The van der Waals surface area contributed by atoms with E-state index in [0.717, 1.165) is 6.42 Å². The van der Waals surface area contributed by atoms with Gasteiger partial charge in [0.2, 0.25) is 0 Å². The van der Waals surface area contributed by atoms with Gasteiger partial charge < -0.3 is 12.8 Å². The van der Waals surface area contributed by atoms with Crippen LogP contribution in [0, 0.1) is 12.8 Å². The first-order valence-electron chi connectivity index (χ1n) is 2.35. The molecule has 0 aliphatic heterocycles. The van der Waals surface area contributed by atoms with E-state index in [1.165, 1.54) is 12.3 Å². The summed E-state index contributed by atoms with van der Waals surface area (Å²) in [7, 11) is 0. The quantitative estimate of drug-likeness (QED) is 0.673. The summed E-state index contributed by atoms with van der Waals surface area (Å²) in [6, 6.07) is 0. The maximum atomic E-state index is 3.70. The van der Waals surface area contributed by atoms with E-state index in [4.69, 9.17) is 0 Å². The van der Waals surface area contributed by atoms with Crippen molar-refractivity contribution < 1.29 is 21.1 Å². The monoisotopic (exact) mass is 268 g/mol. The van der Waals surface area contributed by atoms with Crippen LogP contribution in [0.4, 0.5) is 0 Å². The fourth-order valence-electron chi connectivity index (χ4n) is 0.354. The predicted molar refractivity (Wildman–Crippen MR) is 29.2 cm³/mol. The van der Waals surface area contributed by atoms with Gasteiger partial charge in [0.15, 0.2) is 0 Å². The second kappa shape index (κ2) is 6.69. The number of rotatable bonds is 2. The molecule has 0 aliphatic rings. The van der Waals surface area contributed by atoms with E-state index in [1.807, 2.05) is 0 Å². The molecule has 0 bridgehead atoms. The van der Waals surface area contributed by atoms with Gasteiger partial charge in [-0.1, -0.05) is 0 Å². The summed E-state index contributed by atoms with van der Waals surface area (Å²) in [5.74, 6) is 1.48. The summed E-state index contributed by atoms with van der Waals surface area (Å²) in [4.78, 5) is 0. The normalized spacial score (nSPS) is 8.57. The second-order valence-electron chi connectivity index (χ2n) is 1.81. The third kappa shape index (κ3) is 10.8. The van der Waals surface area contributed by atoms with E-state index >= 15 is 0 Å². The van der Waals surface area contributed by atoms with Crippen molar-refractivity contribution in [3.8, 4) is 0 Å². The van der Waals surface area contributed by atoms with Crippen LogP contribution in [-0.4, -0.2) is 0 Å². The molecule has 1 heteroatoms. The summed E-state index contributed by atoms with van der Waals surface area (Å²) < 4.78 is 0. The summed E-state index contributed by atoms with van der Waals surface area (Å²) in [6.45, 7) is 7.97. The molecule has 0 rings (SSSR count). The van der Waals surface area contributed by atoms with E-state index in [9.17, 15) is 0 Å². The van der Waals surface area contributed by atoms with Crippen molar-refractivity contribution in [2.24, 2.45) is 0 Å². The fraction of sp³-hybridized carbons (Fsp3) is 0.667. The first kappa shape index (κ1) is 10.6. The van der Waals surface area contributed by atoms with E-state index < -0.39 is 0 Å². The van der Waals surface area contributed by atoms with Crippen LogP contribution in [0.2, 0.25) is 0 Å². The third-order valence-corrected chi connectivity index (χ3v) is 0.677. The standard InChI is InChI=1S/C6H12.W/c1-4-5-6(2)3;/h1,4-5H2,2-3H3;/q-2;+2. The molecule has 0 saturated carbocycles. The summed E-state index contributed by atoms with van der Waals surface area (Å²) >= 11 is 0. The Morgan fingerprint density at radius 3 is 1.86 bits per heavy atom. The molecule has 0 amide bonds. The summed E-state index contributed by atoms with van der Waals surface area (Å²) in [5.41, 5.74) is 0. The zero-order valence-corrected chi connectivity index (χ0v) is 7.96. The molecule has 0 radical (unpaired) electrons. The molecule has 0 aromatic carbocycles. The van der Waals surface area contributed by atoms with E-state index in [2.05, 4.69) is 20.8 Å². The van der Waals surface area contributed by atoms with Crippen LogP contribution in [-0.2, 0) is 21.1 Å². The van der Waals surface area contributed by atoms with Crippen molar-refractivity contribution in [3.05, 3.63) is 12.8 Å². The van der Waals surface area contributed by atoms with Gasteiger partial charge in [-0.25, -0.2) is 12.8 Å². The van der Waals surface area contributed by atoms with Gasteiger partial charge in [-0.2, -0.15) is 13.8 Å². The van der Waals surface area contributed by atoms with Crippen LogP contribution in [0.15, 0.2) is 0 Å². The Hall–Kier alpha value is 0.688. The van der Waals surface area contributed by atoms with Gasteiger partial charge in [0.25, 0.3) is 0 Å². The average molecular weight is 268 g/mol. The largest absolute Gasteiger partial charge is 2.00 e. The van der Waals surface area contributed by atoms with Crippen LogP contribution in [0.3, 0.4) is 0 Å². The SMILES string of the molecule is [CH2-]CC[C-](C)C.[W+2]. The minimum Gasteiger partial charge on any atom is -0.346 e. The van der Waals surface area contributed by atoms with Crippen LogP contribution < -0.4 is 0 Å². The molecule has 0 saturated heterocycles. The molecule has 0 heterocycles. The van der Waals surface area contributed by atoms with Gasteiger partial charge in [-0.05, 0) is 0 Å². The minimum atomic E-state index is 0. The van der Waals surface area contributed by atoms with E-state index in [-0.39, 0.29) is 21.1 Å². The Balaban J connectivity index is 0.